The van der Waals surface area contributed by atoms with Gasteiger partial charge in [-0.25, -0.2) is 13.1 Å². The first-order chi connectivity index (χ1) is 10.4. The van der Waals surface area contributed by atoms with E-state index in [1.165, 1.54) is 0 Å². The molecule has 6 nitrogen and oxygen atoms in total. The number of rotatable bonds is 7. The van der Waals surface area contributed by atoms with Crippen LogP contribution in [0.15, 0.2) is 23.2 Å². The minimum Gasteiger partial charge on any atom is -0.481 e. The number of carboxylic acid groups (broad SMARTS) is 1. The third-order valence-electron chi connectivity index (χ3n) is 2.96. The Morgan fingerprint density at radius 2 is 1.96 bits per heavy atom. The summed E-state index contributed by atoms with van der Waals surface area (Å²) in [5.41, 5.74) is -1.21. The fourth-order valence-corrected chi connectivity index (χ4v) is 2.87. The number of sulfonamides is 1. The van der Waals surface area contributed by atoms with E-state index in [2.05, 4.69) is 9.71 Å². The first kappa shape index (κ1) is 19.4. The van der Waals surface area contributed by atoms with Crippen molar-refractivity contribution in [3.8, 4) is 0 Å². The molecule has 0 bridgehead atoms. The molecular weight excluding hydrogens is 337 g/mol. The summed E-state index contributed by atoms with van der Waals surface area (Å²) in [7, 11) is -4.13. The van der Waals surface area contributed by atoms with Gasteiger partial charge in [-0.2, -0.15) is 13.2 Å². The second-order valence-electron chi connectivity index (χ2n) is 5.39. The molecule has 2 N–H and O–H groups in total. The molecule has 0 amide bonds. The number of halogens is 3. The van der Waals surface area contributed by atoms with Gasteiger partial charge < -0.3 is 5.11 Å². The molecule has 0 aliphatic heterocycles. The van der Waals surface area contributed by atoms with Gasteiger partial charge in [-0.3, -0.25) is 9.78 Å². The number of aliphatic carboxylic acids is 1. The normalized spacial score (nSPS) is 14.0. The third-order valence-corrected chi connectivity index (χ3v) is 4.37. The fraction of sp³-hybridized carbons (Fsp3) is 0.538. The zero-order valence-corrected chi connectivity index (χ0v) is 13.3. The molecule has 130 valence electrons. The van der Waals surface area contributed by atoms with Crippen molar-refractivity contribution in [2.45, 2.75) is 31.3 Å². The molecule has 0 spiro atoms. The van der Waals surface area contributed by atoms with Crippen LogP contribution in [0.4, 0.5) is 13.2 Å². The predicted molar refractivity (Wildman–Crippen MR) is 75.0 cm³/mol. The highest BCUT2D eigenvalue weighted by Gasteiger charge is 2.32. The van der Waals surface area contributed by atoms with Gasteiger partial charge in [-0.15, -0.1) is 0 Å². The van der Waals surface area contributed by atoms with Crippen LogP contribution in [0.1, 0.15) is 26.0 Å². The molecule has 1 aromatic heterocycles. The van der Waals surface area contributed by atoms with Crippen molar-refractivity contribution >= 4 is 16.0 Å². The third kappa shape index (κ3) is 5.79. The monoisotopic (exact) mass is 354 g/mol. The molecule has 10 heteroatoms. The predicted octanol–water partition coefficient (Wildman–Crippen LogP) is 2.13. The van der Waals surface area contributed by atoms with E-state index in [4.69, 9.17) is 5.11 Å². The summed E-state index contributed by atoms with van der Waals surface area (Å²) in [5.74, 6) is -2.02. The fourth-order valence-electron chi connectivity index (χ4n) is 1.84. The quantitative estimate of drug-likeness (QED) is 0.782. The van der Waals surface area contributed by atoms with E-state index in [9.17, 15) is 26.4 Å². The Bertz CT molecular complexity index is 642. The molecule has 0 aromatic carbocycles. The number of nitrogens with one attached hydrogen (secondary N) is 1. The average Bonchev–Trinajstić information content (AvgIpc) is 2.42. The summed E-state index contributed by atoms with van der Waals surface area (Å²) in [4.78, 5) is 13.7. The topological polar surface area (TPSA) is 96.4 Å². The standard InChI is InChI=1S/C13H17F3N2O4S/c1-8(2)5-9(12(19)20)6-18-23(21,22)10-3-4-11(17-7-10)13(14,15)16/h3-4,7-9,18H,5-6H2,1-2H3,(H,19,20). The summed E-state index contributed by atoms with van der Waals surface area (Å²) < 4.78 is 63.2. The first-order valence-electron chi connectivity index (χ1n) is 6.69. The van der Waals surface area contributed by atoms with Crippen molar-refractivity contribution in [3.05, 3.63) is 24.0 Å². The maximum Gasteiger partial charge on any atom is 0.433 e. The number of hydrogen-bond acceptors (Lipinski definition) is 4. The molecule has 1 unspecified atom stereocenters. The molecule has 1 aromatic rings. The summed E-state index contributed by atoms with van der Waals surface area (Å²) in [6, 6.07) is 1.33. The summed E-state index contributed by atoms with van der Waals surface area (Å²) in [6.45, 7) is 3.24. The zero-order valence-electron chi connectivity index (χ0n) is 12.5. The van der Waals surface area contributed by atoms with Gasteiger partial charge in [0.25, 0.3) is 0 Å². The van der Waals surface area contributed by atoms with Crippen LogP contribution in [0.3, 0.4) is 0 Å². The van der Waals surface area contributed by atoms with Crippen molar-refractivity contribution in [3.63, 3.8) is 0 Å². The Kier molecular flexibility index (Phi) is 6.11. The van der Waals surface area contributed by atoms with Gasteiger partial charge in [0.2, 0.25) is 10.0 Å². The van der Waals surface area contributed by atoms with Crippen molar-refractivity contribution in [2.75, 3.05) is 6.54 Å². The van der Waals surface area contributed by atoms with Crippen LogP contribution in [0.2, 0.25) is 0 Å². The molecule has 1 atom stereocenters. The minimum atomic E-state index is -4.67. The van der Waals surface area contributed by atoms with Crippen molar-refractivity contribution < 1.29 is 31.5 Å². The number of carbonyl (C=O) groups is 1. The highest BCUT2D eigenvalue weighted by atomic mass is 32.2. The van der Waals surface area contributed by atoms with Crippen molar-refractivity contribution in [2.24, 2.45) is 11.8 Å². The molecular formula is C13H17F3N2O4S. The lowest BCUT2D eigenvalue weighted by Crippen LogP contribution is -2.33. The Morgan fingerprint density at radius 3 is 2.35 bits per heavy atom. The van der Waals surface area contributed by atoms with Gasteiger partial charge in [-0.05, 0) is 24.5 Å². The van der Waals surface area contributed by atoms with Crippen LogP contribution >= 0.6 is 0 Å². The summed E-state index contributed by atoms with van der Waals surface area (Å²) >= 11 is 0. The number of hydrogen-bond donors (Lipinski definition) is 2. The lowest BCUT2D eigenvalue weighted by Gasteiger charge is -2.15. The number of nitrogens with zero attached hydrogens (tertiary/aromatic N) is 1. The van der Waals surface area contributed by atoms with Gasteiger partial charge in [0, 0.05) is 12.7 Å². The van der Waals surface area contributed by atoms with Gasteiger partial charge >= 0.3 is 12.1 Å². The second-order valence-corrected chi connectivity index (χ2v) is 7.16. The lowest BCUT2D eigenvalue weighted by atomic mass is 9.98. The molecule has 0 fully saturated rings. The minimum absolute atomic E-state index is 0.0494. The highest BCUT2D eigenvalue weighted by molar-refractivity contribution is 7.89. The van der Waals surface area contributed by atoms with E-state index < -0.39 is 38.7 Å². The van der Waals surface area contributed by atoms with Gasteiger partial charge in [-0.1, -0.05) is 13.8 Å². The van der Waals surface area contributed by atoms with Crippen LogP contribution in [-0.2, 0) is 21.0 Å². The molecule has 23 heavy (non-hydrogen) atoms. The Labute approximate surface area is 131 Å². The van der Waals surface area contributed by atoms with E-state index in [-0.39, 0.29) is 18.9 Å². The molecule has 1 heterocycles. The molecule has 0 aliphatic rings. The Hall–Kier alpha value is -1.68. The molecule has 0 aliphatic carbocycles. The lowest BCUT2D eigenvalue weighted by molar-refractivity contribution is -0.142. The van der Waals surface area contributed by atoms with Crippen LogP contribution in [-0.4, -0.2) is 31.0 Å². The van der Waals surface area contributed by atoms with Gasteiger partial charge in [0.1, 0.15) is 10.6 Å². The Morgan fingerprint density at radius 1 is 1.35 bits per heavy atom. The van der Waals surface area contributed by atoms with E-state index >= 15 is 0 Å². The average molecular weight is 354 g/mol. The molecule has 0 radical (unpaired) electrons. The first-order valence-corrected chi connectivity index (χ1v) is 8.17. The van der Waals surface area contributed by atoms with Crippen LogP contribution in [0, 0.1) is 11.8 Å². The molecule has 0 saturated heterocycles. The van der Waals surface area contributed by atoms with Crippen LogP contribution in [0.5, 0.6) is 0 Å². The second kappa shape index (κ2) is 7.26. The number of aromatic nitrogens is 1. The number of alkyl halides is 3. The SMILES string of the molecule is CC(C)CC(CNS(=O)(=O)c1ccc(C(F)(F)F)nc1)C(=O)O. The van der Waals surface area contributed by atoms with Gasteiger partial charge in [0.05, 0.1) is 5.92 Å². The maximum absolute atomic E-state index is 12.4. The van der Waals surface area contributed by atoms with E-state index in [1.807, 2.05) is 0 Å². The Balaban J connectivity index is 2.85. The van der Waals surface area contributed by atoms with Crippen molar-refractivity contribution in [1.29, 1.82) is 0 Å². The number of carboxylic acids is 1. The maximum atomic E-state index is 12.4. The van der Waals surface area contributed by atoms with E-state index in [0.29, 0.717) is 12.3 Å². The largest absolute Gasteiger partial charge is 0.481 e. The van der Waals surface area contributed by atoms with Crippen LogP contribution < -0.4 is 4.72 Å². The van der Waals surface area contributed by atoms with Gasteiger partial charge in [0.15, 0.2) is 0 Å². The van der Waals surface area contributed by atoms with E-state index in [0.717, 1.165) is 6.07 Å². The number of pyridine rings is 1. The summed E-state index contributed by atoms with van der Waals surface area (Å²) in [5, 5.41) is 9.04. The van der Waals surface area contributed by atoms with Crippen molar-refractivity contribution in [1.82, 2.24) is 9.71 Å². The van der Waals surface area contributed by atoms with Crippen LogP contribution in [0.25, 0.3) is 0 Å². The zero-order chi connectivity index (χ0) is 17.8. The molecule has 1 rings (SSSR count). The molecule has 0 saturated carbocycles. The smallest absolute Gasteiger partial charge is 0.433 e. The highest BCUT2D eigenvalue weighted by Crippen LogP contribution is 2.27. The van der Waals surface area contributed by atoms with E-state index in [1.54, 1.807) is 13.8 Å². The summed E-state index contributed by atoms with van der Waals surface area (Å²) in [6.07, 6.45) is -3.81.